The van der Waals surface area contributed by atoms with Crippen molar-refractivity contribution in [2.24, 2.45) is 4.99 Å². The molecule has 1 aromatic heterocycles. The van der Waals surface area contributed by atoms with Gasteiger partial charge in [-0.05, 0) is 90.6 Å². The second-order valence-electron chi connectivity index (χ2n) is 10.8. The Bertz CT molecular complexity index is 1680. The summed E-state index contributed by atoms with van der Waals surface area (Å²) in [7, 11) is 0. The lowest BCUT2D eigenvalue weighted by Gasteiger charge is -2.29. The number of carbonyl (C=O) groups is 2. The molecule has 0 bridgehead atoms. The first-order valence-corrected chi connectivity index (χ1v) is 14.9. The number of ether oxygens (including phenoxy) is 1. The molecule has 0 spiro atoms. The average Bonchev–Trinajstić information content (AvgIpc) is 3.45. The van der Waals surface area contributed by atoms with Crippen LogP contribution in [0.5, 0.6) is 5.75 Å². The Labute approximate surface area is 257 Å². The Kier molecular flexibility index (Phi) is 8.40. The van der Waals surface area contributed by atoms with E-state index >= 15 is 0 Å². The Morgan fingerprint density at radius 2 is 1.88 bits per heavy atom. The molecule has 0 saturated heterocycles. The summed E-state index contributed by atoms with van der Waals surface area (Å²) in [6.07, 6.45) is 3.53. The minimum absolute atomic E-state index is 0.00590. The van der Waals surface area contributed by atoms with Gasteiger partial charge in [0, 0.05) is 41.4 Å². The number of aliphatic hydroxyl groups is 1. The summed E-state index contributed by atoms with van der Waals surface area (Å²) in [5.74, 6) is 1.12. The zero-order chi connectivity index (χ0) is 29.9. The molecule has 10 heteroatoms. The number of benzene rings is 3. The van der Waals surface area contributed by atoms with Crippen LogP contribution >= 0.6 is 15.9 Å². The van der Waals surface area contributed by atoms with E-state index in [4.69, 9.17) is 9.15 Å². The van der Waals surface area contributed by atoms with Crippen LogP contribution in [-0.4, -0.2) is 58.3 Å². The van der Waals surface area contributed by atoms with Crippen molar-refractivity contribution in [1.82, 2.24) is 15.2 Å². The molecule has 0 saturated carbocycles. The van der Waals surface area contributed by atoms with E-state index in [1.165, 1.54) is 6.39 Å². The SMILES string of the molecule is Cc1ncoc1COc1ccc2c(c1)C=NC([C@H](O)CNC(=O)c1ccc3c(c1)CCN(C(=O)c1ccc(Br)cc1)C3)C2. The molecule has 6 rings (SSSR count). The van der Waals surface area contributed by atoms with Gasteiger partial charge < -0.3 is 24.5 Å². The van der Waals surface area contributed by atoms with E-state index in [9.17, 15) is 14.7 Å². The minimum Gasteiger partial charge on any atom is -0.486 e. The molecular formula is C33H31BrN4O5. The Morgan fingerprint density at radius 3 is 2.67 bits per heavy atom. The normalized spacial score (nSPS) is 16.3. The Hall–Kier alpha value is -4.28. The van der Waals surface area contributed by atoms with Crippen molar-refractivity contribution in [3.8, 4) is 5.75 Å². The molecule has 0 aliphatic carbocycles. The van der Waals surface area contributed by atoms with E-state index in [1.807, 2.05) is 66.4 Å². The maximum Gasteiger partial charge on any atom is 0.254 e. The summed E-state index contributed by atoms with van der Waals surface area (Å²) >= 11 is 3.40. The van der Waals surface area contributed by atoms with Gasteiger partial charge in [-0.2, -0.15) is 0 Å². The number of hydrogen-bond donors (Lipinski definition) is 2. The lowest BCUT2D eigenvalue weighted by atomic mass is 9.94. The predicted molar refractivity (Wildman–Crippen MR) is 164 cm³/mol. The van der Waals surface area contributed by atoms with Gasteiger partial charge in [0.1, 0.15) is 12.4 Å². The average molecular weight is 644 g/mol. The molecule has 2 atom stereocenters. The zero-order valence-electron chi connectivity index (χ0n) is 23.6. The number of aromatic nitrogens is 1. The largest absolute Gasteiger partial charge is 0.486 e. The van der Waals surface area contributed by atoms with Crippen LogP contribution in [0.15, 0.2) is 80.9 Å². The lowest BCUT2D eigenvalue weighted by Crippen LogP contribution is -2.40. The summed E-state index contributed by atoms with van der Waals surface area (Å²) in [5, 5.41) is 13.7. The van der Waals surface area contributed by atoms with Gasteiger partial charge in [-0.25, -0.2) is 4.98 Å². The summed E-state index contributed by atoms with van der Waals surface area (Å²) in [4.78, 5) is 36.3. The highest BCUT2D eigenvalue weighted by molar-refractivity contribution is 9.10. The second kappa shape index (κ2) is 12.5. The van der Waals surface area contributed by atoms with E-state index in [0.717, 1.165) is 32.4 Å². The Morgan fingerprint density at radius 1 is 1.09 bits per heavy atom. The molecule has 0 fully saturated rings. The van der Waals surface area contributed by atoms with E-state index in [2.05, 4.69) is 31.2 Å². The van der Waals surface area contributed by atoms with Gasteiger partial charge in [-0.3, -0.25) is 14.6 Å². The quantitative estimate of drug-likeness (QED) is 0.289. The smallest absolute Gasteiger partial charge is 0.254 e. The number of nitrogens with one attached hydrogen (secondary N) is 1. The monoisotopic (exact) mass is 642 g/mol. The first kappa shape index (κ1) is 28.8. The molecule has 3 aromatic carbocycles. The van der Waals surface area contributed by atoms with Crippen molar-refractivity contribution in [2.75, 3.05) is 13.1 Å². The lowest BCUT2D eigenvalue weighted by molar-refractivity contribution is 0.0734. The van der Waals surface area contributed by atoms with Crippen LogP contribution in [0.2, 0.25) is 0 Å². The number of carbonyl (C=O) groups excluding carboxylic acids is 2. The van der Waals surface area contributed by atoms with Gasteiger partial charge in [0.2, 0.25) is 0 Å². The molecule has 220 valence electrons. The second-order valence-corrected chi connectivity index (χ2v) is 11.7. The third kappa shape index (κ3) is 6.55. The highest BCUT2D eigenvalue weighted by Gasteiger charge is 2.25. The molecule has 2 aliphatic rings. The number of oxazole rings is 1. The van der Waals surface area contributed by atoms with Crippen molar-refractivity contribution < 1.29 is 23.8 Å². The molecule has 0 radical (unpaired) electrons. The number of rotatable bonds is 8. The first-order chi connectivity index (χ1) is 20.8. The summed E-state index contributed by atoms with van der Waals surface area (Å²) in [5.41, 5.74) is 6.06. The third-order valence-corrected chi connectivity index (χ3v) is 8.47. The van der Waals surface area contributed by atoms with Gasteiger partial charge in [0.15, 0.2) is 12.2 Å². The maximum absolute atomic E-state index is 13.0. The number of amides is 2. The number of nitrogens with zero attached hydrogens (tertiary/aromatic N) is 3. The van der Waals surface area contributed by atoms with Gasteiger partial charge in [0.25, 0.3) is 11.8 Å². The van der Waals surface area contributed by atoms with Gasteiger partial charge in [0.05, 0.1) is 17.8 Å². The van der Waals surface area contributed by atoms with E-state index in [1.54, 1.807) is 12.3 Å². The first-order valence-electron chi connectivity index (χ1n) is 14.1. The fourth-order valence-corrected chi connectivity index (χ4v) is 5.61. The van der Waals surface area contributed by atoms with Crippen LogP contribution < -0.4 is 10.1 Å². The molecule has 2 amide bonds. The predicted octanol–water partition coefficient (Wildman–Crippen LogP) is 4.66. The number of aliphatic imine (C=N–C) groups is 1. The molecular weight excluding hydrogens is 612 g/mol. The van der Waals surface area contributed by atoms with Crippen LogP contribution in [-0.2, 0) is 26.0 Å². The van der Waals surface area contributed by atoms with Crippen LogP contribution in [0.3, 0.4) is 0 Å². The van der Waals surface area contributed by atoms with Crippen molar-refractivity contribution in [1.29, 1.82) is 0 Å². The van der Waals surface area contributed by atoms with Crippen LogP contribution in [0, 0.1) is 6.92 Å². The van der Waals surface area contributed by atoms with E-state index in [-0.39, 0.29) is 31.0 Å². The Balaban J connectivity index is 1.01. The van der Waals surface area contributed by atoms with Crippen LogP contribution in [0.25, 0.3) is 0 Å². The number of hydrogen-bond acceptors (Lipinski definition) is 7. The van der Waals surface area contributed by atoms with Gasteiger partial charge in [-0.1, -0.05) is 28.1 Å². The van der Waals surface area contributed by atoms with Crippen molar-refractivity contribution in [2.45, 2.75) is 45.1 Å². The van der Waals surface area contributed by atoms with Gasteiger partial charge in [-0.15, -0.1) is 0 Å². The maximum atomic E-state index is 13.0. The van der Waals surface area contributed by atoms with E-state index < -0.39 is 6.10 Å². The number of fused-ring (bicyclic) bond motifs is 2. The van der Waals surface area contributed by atoms with Crippen LogP contribution in [0.4, 0.5) is 0 Å². The molecule has 2 N–H and O–H groups in total. The zero-order valence-corrected chi connectivity index (χ0v) is 25.2. The summed E-state index contributed by atoms with van der Waals surface area (Å²) in [6.45, 7) is 3.33. The van der Waals surface area contributed by atoms with Crippen molar-refractivity contribution >= 4 is 34.0 Å². The number of halogens is 1. The minimum atomic E-state index is -0.838. The highest BCUT2D eigenvalue weighted by Crippen LogP contribution is 2.25. The van der Waals surface area contributed by atoms with Crippen LogP contribution in [0.1, 0.15) is 54.4 Å². The standard InChI is InChI=1S/C33H31BrN4O5/c1-20-31(43-19-37-20)18-42-28-9-6-22-14-29(35-15-26(22)13-28)30(39)16-36-32(40)24-2-3-25-17-38(11-10-23(25)12-24)33(41)21-4-7-27(34)8-5-21/h2-9,12-13,15,19,29-30,39H,10-11,14,16-18H2,1H3,(H,36,40)/t29?,30-/m1/s1. The van der Waals surface area contributed by atoms with Crippen molar-refractivity contribution in [3.63, 3.8) is 0 Å². The summed E-state index contributed by atoms with van der Waals surface area (Å²) in [6, 6.07) is 18.3. The topological polar surface area (TPSA) is 117 Å². The summed E-state index contributed by atoms with van der Waals surface area (Å²) < 4.78 is 12.1. The molecule has 4 aromatic rings. The van der Waals surface area contributed by atoms with Gasteiger partial charge >= 0.3 is 0 Å². The van der Waals surface area contributed by atoms with E-state index in [0.29, 0.717) is 48.6 Å². The molecule has 9 nitrogen and oxygen atoms in total. The third-order valence-electron chi connectivity index (χ3n) is 7.94. The molecule has 1 unspecified atom stereocenters. The van der Waals surface area contributed by atoms with Crippen molar-refractivity contribution in [3.05, 3.63) is 116 Å². The number of aryl methyl sites for hydroxylation is 1. The fourth-order valence-electron chi connectivity index (χ4n) is 5.35. The molecule has 43 heavy (non-hydrogen) atoms. The molecule has 3 heterocycles. The highest BCUT2D eigenvalue weighted by atomic mass is 79.9. The fraction of sp³-hybridized carbons (Fsp3) is 0.273. The molecule has 2 aliphatic heterocycles. The number of aliphatic hydroxyl groups excluding tert-OH is 1.